The summed E-state index contributed by atoms with van der Waals surface area (Å²) in [5.74, 6) is 0.621. The molecule has 0 bridgehead atoms. The van der Waals surface area contributed by atoms with E-state index in [9.17, 15) is 4.79 Å². The largest absolute Gasteiger partial charge is 0.492 e. The monoisotopic (exact) mass is 414 g/mol. The number of amides is 1. The van der Waals surface area contributed by atoms with E-state index in [4.69, 9.17) is 14.8 Å². The molecule has 6 heteroatoms. The number of carbonyl (C=O) groups is 1. The van der Waals surface area contributed by atoms with Gasteiger partial charge in [0.1, 0.15) is 5.75 Å². The normalized spacial score (nSPS) is 10.9. The molecule has 2 aromatic heterocycles. The first kappa shape index (κ1) is 20.6. The van der Waals surface area contributed by atoms with E-state index in [1.165, 1.54) is 0 Å². The molecule has 4 aromatic rings. The fraction of sp³-hybridized carbons (Fsp3) is 0.240. The summed E-state index contributed by atoms with van der Waals surface area (Å²) >= 11 is 0. The summed E-state index contributed by atoms with van der Waals surface area (Å²) in [5, 5.41) is 7.71. The molecule has 0 aliphatic rings. The number of hydrogen-bond donors (Lipinski definition) is 1. The molecule has 0 aliphatic heterocycles. The molecular weight excluding hydrogens is 388 g/mol. The van der Waals surface area contributed by atoms with Crippen molar-refractivity contribution >= 4 is 17.2 Å². The highest BCUT2D eigenvalue weighted by atomic mass is 16.5. The van der Waals surface area contributed by atoms with Crippen molar-refractivity contribution in [1.82, 2.24) is 14.6 Å². The van der Waals surface area contributed by atoms with Gasteiger partial charge in [0, 0.05) is 29.4 Å². The van der Waals surface area contributed by atoms with Crippen molar-refractivity contribution in [3.8, 4) is 17.0 Å². The lowest BCUT2D eigenvalue weighted by atomic mass is 10.1. The predicted molar refractivity (Wildman–Crippen MR) is 122 cm³/mol. The van der Waals surface area contributed by atoms with Gasteiger partial charge in [-0.15, -0.1) is 0 Å². The number of nitrogens with zero attached hydrogens (tertiary/aromatic N) is 3. The van der Waals surface area contributed by atoms with Crippen molar-refractivity contribution in [2.75, 3.05) is 11.9 Å². The SMILES string of the molecule is CCOc1ccccc1NC(=O)CCc1c(C)nc2cc(-c3ccccc3)nn2c1C. The van der Waals surface area contributed by atoms with Crippen LogP contribution in [0.15, 0.2) is 60.7 Å². The third-order valence-corrected chi connectivity index (χ3v) is 5.30. The minimum atomic E-state index is -0.0588. The number of aryl methyl sites for hydroxylation is 2. The van der Waals surface area contributed by atoms with Crippen LogP contribution in [0.3, 0.4) is 0 Å². The maximum atomic E-state index is 12.6. The molecule has 31 heavy (non-hydrogen) atoms. The van der Waals surface area contributed by atoms with Crippen molar-refractivity contribution in [3.63, 3.8) is 0 Å². The first-order valence-corrected chi connectivity index (χ1v) is 10.5. The predicted octanol–water partition coefficient (Wildman–Crippen LogP) is 4.98. The van der Waals surface area contributed by atoms with Gasteiger partial charge >= 0.3 is 0 Å². The molecule has 0 fully saturated rings. The van der Waals surface area contributed by atoms with Crippen LogP contribution in [0.4, 0.5) is 5.69 Å². The average molecular weight is 415 g/mol. The molecule has 6 nitrogen and oxygen atoms in total. The fourth-order valence-corrected chi connectivity index (χ4v) is 3.74. The van der Waals surface area contributed by atoms with E-state index < -0.39 is 0 Å². The molecule has 2 aromatic carbocycles. The molecule has 0 saturated carbocycles. The Kier molecular flexibility index (Phi) is 5.98. The summed E-state index contributed by atoms with van der Waals surface area (Å²) in [6, 6.07) is 19.5. The molecule has 2 heterocycles. The minimum absolute atomic E-state index is 0.0588. The van der Waals surface area contributed by atoms with Gasteiger partial charge in [-0.3, -0.25) is 4.79 Å². The number of para-hydroxylation sites is 2. The van der Waals surface area contributed by atoms with E-state index in [-0.39, 0.29) is 5.91 Å². The lowest BCUT2D eigenvalue weighted by Gasteiger charge is -2.13. The molecule has 4 rings (SSSR count). The molecule has 0 saturated heterocycles. The third-order valence-electron chi connectivity index (χ3n) is 5.30. The summed E-state index contributed by atoms with van der Waals surface area (Å²) in [6.45, 7) is 6.48. The Balaban J connectivity index is 1.53. The van der Waals surface area contributed by atoms with Crippen LogP contribution >= 0.6 is 0 Å². The van der Waals surface area contributed by atoms with Crippen LogP contribution in [-0.4, -0.2) is 27.1 Å². The third kappa shape index (κ3) is 4.43. The number of carbonyl (C=O) groups excluding carboxylic acids is 1. The number of ether oxygens (including phenoxy) is 1. The van der Waals surface area contributed by atoms with Crippen LogP contribution in [0.2, 0.25) is 0 Å². The second kappa shape index (κ2) is 9.00. The van der Waals surface area contributed by atoms with Crippen molar-refractivity contribution < 1.29 is 9.53 Å². The number of nitrogens with one attached hydrogen (secondary N) is 1. The van der Waals surface area contributed by atoms with E-state index >= 15 is 0 Å². The van der Waals surface area contributed by atoms with E-state index in [0.29, 0.717) is 30.9 Å². The Bertz CT molecular complexity index is 1220. The molecule has 1 N–H and O–H groups in total. The van der Waals surface area contributed by atoms with Crippen LogP contribution in [0.5, 0.6) is 5.75 Å². The lowest BCUT2D eigenvalue weighted by Crippen LogP contribution is -2.15. The first-order valence-electron chi connectivity index (χ1n) is 10.5. The summed E-state index contributed by atoms with van der Waals surface area (Å²) in [7, 11) is 0. The zero-order valence-corrected chi connectivity index (χ0v) is 18.1. The highest BCUT2D eigenvalue weighted by Gasteiger charge is 2.15. The summed E-state index contributed by atoms with van der Waals surface area (Å²) in [5.41, 5.74) is 6.42. The number of hydrogen-bond acceptors (Lipinski definition) is 4. The fourth-order valence-electron chi connectivity index (χ4n) is 3.74. The van der Waals surface area contributed by atoms with E-state index in [0.717, 1.165) is 33.9 Å². The Labute approximate surface area is 181 Å². The molecule has 158 valence electrons. The number of fused-ring (bicyclic) bond motifs is 1. The van der Waals surface area contributed by atoms with Crippen LogP contribution in [0.25, 0.3) is 16.9 Å². The van der Waals surface area contributed by atoms with Gasteiger partial charge in [0.15, 0.2) is 5.65 Å². The van der Waals surface area contributed by atoms with Crippen molar-refractivity contribution in [2.45, 2.75) is 33.6 Å². The Morgan fingerprint density at radius 1 is 1.06 bits per heavy atom. The first-order chi connectivity index (χ1) is 15.1. The molecule has 0 atom stereocenters. The van der Waals surface area contributed by atoms with E-state index in [2.05, 4.69) is 5.32 Å². The molecule has 1 amide bonds. The summed E-state index contributed by atoms with van der Waals surface area (Å²) in [4.78, 5) is 17.3. The molecule has 0 spiro atoms. The highest BCUT2D eigenvalue weighted by Crippen LogP contribution is 2.25. The number of rotatable bonds is 7. The van der Waals surface area contributed by atoms with E-state index in [1.54, 1.807) is 0 Å². The van der Waals surface area contributed by atoms with Gasteiger partial charge in [-0.25, -0.2) is 9.50 Å². The number of anilines is 1. The molecule has 0 radical (unpaired) electrons. The molecule has 0 aliphatic carbocycles. The Morgan fingerprint density at radius 2 is 1.81 bits per heavy atom. The van der Waals surface area contributed by atoms with Gasteiger partial charge in [0.05, 0.1) is 18.0 Å². The standard InChI is InChI=1S/C25H26N4O2/c1-4-31-23-13-9-8-12-21(23)27-25(30)15-14-20-17(2)26-24-16-22(28-29(24)18(20)3)19-10-6-5-7-11-19/h5-13,16H,4,14-15H2,1-3H3,(H,27,30). The average Bonchev–Trinajstić information content (AvgIpc) is 3.20. The molecule has 0 unspecified atom stereocenters. The van der Waals surface area contributed by atoms with E-state index in [1.807, 2.05) is 86.0 Å². The van der Waals surface area contributed by atoms with Gasteiger partial charge < -0.3 is 10.1 Å². The van der Waals surface area contributed by atoms with Crippen LogP contribution in [0.1, 0.15) is 30.3 Å². The zero-order chi connectivity index (χ0) is 21.8. The summed E-state index contributed by atoms with van der Waals surface area (Å²) < 4.78 is 7.46. The molecular formula is C25H26N4O2. The number of benzene rings is 2. The van der Waals surface area contributed by atoms with Gasteiger partial charge in [-0.2, -0.15) is 5.10 Å². The van der Waals surface area contributed by atoms with Crippen LogP contribution < -0.4 is 10.1 Å². The maximum absolute atomic E-state index is 12.6. The van der Waals surface area contributed by atoms with Gasteiger partial charge in [0.2, 0.25) is 5.91 Å². The maximum Gasteiger partial charge on any atom is 0.224 e. The topological polar surface area (TPSA) is 68.5 Å². The van der Waals surface area contributed by atoms with Gasteiger partial charge in [0.25, 0.3) is 0 Å². The second-order valence-electron chi connectivity index (χ2n) is 7.40. The van der Waals surface area contributed by atoms with Crippen molar-refractivity contribution in [1.29, 1.82) is 0 Å². The number of aromatic nitrogens is 3. The summed E-state index contributed by atoms with van der Waals surface area (Å²) in [6.07, 6.45) is 0.936. The van der Waals surface area contributed by atoms with Crippen LogP contribution in [0, 0.1) is 13.8 Å². The Morgan fingerprint density at radius 3 is 2.58 bits per heavy atom. The smallest absolute Gasteiger partial charge is 0.224 e. The van der Waals surface area contributed by atoms with Gasteiger partial charge in [-0.05, 0) is 44.9 Å². The highest BCUT2D eigenvalue weighted by molar-refractivity contribution is 5.92. The minimum Gasteiger partial charge on any atom is -0.492 e. The van der Waals surface area contributed by atoms with Crippen molar-refractivity contribution in [3.05, 3.63) is 77.6 Å². The zero-order valence-electron chi connectivity index (χ0n) is 18.1. The van der Waals surface area contributed by atoms with Gasteiger partial charge in [-0.1, -0.05) is 42.5 Å². The Hall–Kier alpha value is -3.67. The second-order valence-corrected chi connectivity index (χ2v) is 7.40. The lowest BCUT2D eigenvalue weighted by molar-refractivity contribution is -0.116. The quantitative estimate of drug-likeness (QED) is 0.463. The van der Waals surface area contributed by atoms with Crippen molar-refractivity contribution in [2.24, 2.45) is 0 Å². The van der Waals surface area contributed by atoms with Crippen LogP contribution in [-0.2, 0) is 11.2 Å².